The van der Waals surface area contributed by atoms with Crippen LogP contribution in [0.15, 0.2) is 24.3 Å². The van der Waals surface area contributed by atoms with Crippen LogP contribution in [0, 0.1) is 0 Å². The second-order valence-electron chi connectivity index (χ2n) is 6.46. The number of nitrogens with one attached hydrogen (secondary N) is 1. The molecule has 0 aliphatic carbocycles. The predicted molar refractivity (Wildman–Crippen MR) is 101 cm³/mol. The summed E-state index contributed by atoms with van der Waals surface area (Å²) in [7, 11) is 0. The van der Waals surface area contributed by atoms with E-state index in [2.05, 4.69) is 5.32 Å². The Kier molecular flexibility index (Phi) is 8.10. The molecule has 1 aliphatic rings. The fourth-order valence-electron chi connectivity index (χ4n) is 2.79. The molecule has 1 saturated heterocycles. The van der Waals surface area contributed by atoms with Gasteiger partial charge in [0.25, 0.3) is 5.91 Å². The summed E-state index contributed by atoms with van der Waals surface area (Å²) in [5.74, 6) is -0.379. The molecule has 1 aromatic carbocycles. The highest BCUT2D eigenvalue weighted by Gasteiger charge is 2.35. The Labute approximate surface area is 160 Å². The summed E-state index contributed by atoms with van der Waals surface area (Å²) in [6, 6.07) is 5.98. The molecule has 7 heteroatoms. The quantitative estimate of drug-likeness (QED) is 0.527. The van der Waals surface area contributed by atoms with Gasteiger partial charge in [-0.15, -0.1) is 0 Å². The van der Waals surface area contributed by atoms with Gasteiger partial charge < -0.3 is 19.7 Å². The van der Waals surface area contributed by atoms with E-state index in [4.69, 9.17) is 9.47 Å². The van der Waals surface area contributed by atoms with Gasteiger partial charge in [0.2, 0.25) is 5.91 Å². The van der Waals surface area contributed by atoms with Crippen molar-refractivity contribution >= 4 is 17.8 Å². The van der Waals surface area contributed by atoms with Crippen LogP contribution in [0.1, 0.15) is 49.9 Å². The first-order valence-corrected chi connectivity index (χ1v) is 9.54. The van der Waals surface area contributed by atoms with E-state index < -0.39 is 12.0 Å². The van der Waals surface area contributed by atoms with Crippen LogP contribution in [0.25, 0.3) is 0 Å². The smallest absolute Gasteiger partial charge is 0.308 e. The van der Waals surface area contributed by atoms with Crippen molar-refractivity contribution in [2.45, 2.75) is 45.6 Å². The van der Waals surface area contributed by atoms with Gasteiger partial charge in [0.15, 0.2) is 0 Å². The third-order valence-electron chi connectivity index (χ3n) is 4.29. The number of carbonyl (C=O) groups is 3. The van der Waals surface area contributed by atoms with E-state index in [9.17, 15) is 14.4 Å². The highest BCUT2D eigenvalue weighted by atomic mass is 16.5. The predicted octanol–water partition coefficient (Wildman–Crippen LogP) is 2.15. The lowest BCUT2D eigenvalue weighted by atomic mass is 10.1. The van der Waals surface area contributed by atoms with Gasteiger partial charge >= 0.3 is 5.97 Å². The molecule has 0 spiro atoms. The van der Waals surface area contributed by atoms with Crippen LogP contribution in [0.4, 0.5) is 0 Å². The van der Waals surface area contributed by atoms with Gasteiger partial charge in [-0.3, -0.25) is 14.4 Å². The molecule has 0 radical (unpaired) electrons. The number of carbonyl (C=O) groups excluding carboxylic acids is 3. The van der Waals surface area contributed by atoms with Crippen LogP contribution in [0.3, 0.4) is 0 Å². The number of ether oxygens (including phenoxy) is 2. The second kappa shape index (κ2) is 10.5. The minimum Gasteiger partial charge on any atom is -0.494 e. The minimum atomic E-state index is -0.851. The summed E-state index contributed by atoms with van der Waals surface area (Å²) < 4.78 is 10.7. The molecule has 148 valence electrons. The molecule has 2 amide bonds. The first kappa shape index (κ1) is 20.7. The molecule has 0 aromatic heterocycles. The van der Waals surface area contributed by atoms with E-state index in [0.29, 0.717) is 37.6 Å². The molecular formula is C20H28N2O5. The Balaban J connectivity index is 2.04. The van der Waals surface area contributed by atoms with E-state index >= 15 is 0 Å². The van der Waals surface area contributed by atoms with Gasteiger partial charge in [0.05, 0.1) is 19.6 Å². The summed E-state index contributed by atoms with van der Waals surface area (Å²) in [6.07, 6.45) is 2.45. The van der Waals surface area contributed by atoms with E-state index in [1.54, 1.807) is 24.3 Å². The molecule has 1 aromatic rings. The molecule has 0 bridgehead atoms. The number of hydrogen-bond donors (Lipinski definition) is 1. The molecule has 27 heavy (non-hydrogen) atoms. The van der Waals surface area contributed by atoms with Crippen LogP contribution < -0.4 is 10.1 Å². The number of benzene rings is 1. The average molecular weight is 376 g/mol. The molecule has 1 atom stereocenters. The van der Waals surface area contributed by atoms with Crippen LogP contribution in [-0.4, -0.2) is 55.0 Å². The van der Waals surface area contributed by atoms with E-state index in [-0.39, 0.29) is 18.2 Å². The molecule has 1 N–H and O–H groups in total. The fourth-order valence-corrected chi connectivity index (χ4v) is 2.79. The topological polar surface area (TPSA) is 84.9 Å². The van der Waals surface area contributed by atoms with Crippen LogP contribution in [0.5, 0.6) is 5.75 Å². The minimum absolute atomic E-state index is 0.140. The molecule has 2 rings (SSSR count). The van der Waals surface area contributed by atoms with Gasteiger partial charge in [0.1, 0.15) is 11.8 Å². The highest BCUT2D eigenvalue weighted by molar-refractivity contribution is 5.99. The molecule has 0 unspecified atom stereocenters. The van der Waals surface area contributed by atoms with Crippen molar-refractivity contribution in [2.24, 2.45) is 0 Å². The maximum atomic E-state index is 12.9. The Morgan fingerprint density at radius 3 is 2.56 bits per heavy atom. The Morgan fingerprint density at radius 1 is 1.15 bits per heavy atom. The monoisotopic (exact) mass is 376 g/mol. The number of amides is 2. The molecule has 1 fully saturated rings. The number of rotatable bonds is 9. The normalized spacial score (nSPS) is 16.6. The Hall–Kier alpha value is -2.57. The Morgan fingerprint density at radius 2 is 1.89 bits per heavy atom. The SMILES string of the molecule is CCCCOC(=O)C[C@@H]1C(=O)NCCN1C(=O)c1ccc(OCCC)cc1. The number of nitrogens with zero attached hydrogens (tertiary/aromatic N) is 1. The standard InChI is InChI=1S/C20H28N2O5/c1-3-5-13-27-18(23)14-17-19(24)21-10-11-22(17)20(25)15-6-8-16(9-7-15)26-12-4-2/h6-9,17H,3-5,10-14H2,1-2H3,(H,21,24)/t17-/m1/s1. The molecule has 1 aliphatic heterocycles. The molecular weight excluding hydrogens is 348 g/mol. The zero-order valence-corrected chi connectivity index (χ0v) is 16.0. The largest absolute Gasteiger partial charge is 0.494 e. The van der Waals surface area contributed by atoms with Crippen molar-refractivity contribution in [3.8, 4) is 5.75 Å². The maximum absolute atomic E-state index is 12.9. The fraction of sp³-hybridized carbons (Fsp3) is 0.550. The van der Waals surface area contributed by atoms with Crippen molar-refractivity contribution in [2.75, 3.05) is 26.3 Å². The summed E-state index contributed by atoms with van der Waals surface area (Å²) in [5.41, 5.74) is 0.456. The maximum Gasteiger partial charge on any atom is 0.308 e. The number of esters is 1. The van der Waals surface area contributed by atoms with Gasteiger partial charge in [-0.2, -0.15) is 0 Å². The third-order valence-corrected chi connectivity index (χ3v) is 4.29. The van der Waals surface area contributed by atoms with Gasteiger partial charge in [-0.25, -0.2) is 0 Å². The van der Waals surface area contributed by atoms with Crippen LogP contribution >= 0.6 is 0 Å². The molecule has 1 heterocycles. The summed E-state index contributed by atoms with van der Waals surface area (Å²) in [4.78, 5) is 38.6. The molecule has 7 nitrogen and oxygen atoms in total. The van der Waals surface area contributed by atoms with Gasteiger partial charge in [-0.1, -0.05) is 20.3 Å². The average Bonchev–Trinajstić information content (AvgIpc) is 2.68. The van der Waals surface area contributed by atoms with Crippen molar-refractivity contribution in [3.63, 3.8) is 0 Å². The third kappa shape index (κ3) is 5.98. The van der Waals surface area contributed by atoms with Gasteiger partial charge in [-0.05, 0) is 37.1 Å². The van der Waals surface area contributed by atoms with Gasteiger partial charge in [0, 0.05) is 18.7 Å². The van der Waals surface area contributed by atoms with Crippen LogP contribution in [0.2, 0.25) is 0 Å². The van der Waals surface area contributed by atoms with Crippen molar-refractivity contribution in [1.29, 1.82) is 0 Å². The van der Waals surface area contributed by atoms with Crippen LogP contribution in [-0.2, 0) is 14.3 Å². The van der Waals surface area contributed by atoms with E-state index in [1.165, 1.54) is 4.90 Å². The van der Waals surface area contributed by atoms with Crippen molar-refractivity contribution in [1.82, 2.24) is 10.2 Å². The lowest BCUT2D eigenvalue weighted by Gasteiger charge is -2.34. The number of hydrogen-bond acceptors (Lipinski definition) is 5. The van der Waals surface area contributed by atoms with Crippen molar-refractivity contribution < 1.29 is 23.9 Å². The van der Waals surface area contributed by atoms with Crippen molar-refractivity contribution in [3.05, 3.63) is 29.8 Å². The summed E-state index contributed by atoms with van der Waals surface area (Å²) >= 11 is 0. The highest BCUT2D eigenvalue weighted by Crippen LogP contribution is 2.18. The van der Waals surface area contributed by atoms with E-state index in [1.807, 2.05) is 13.8 Å². The summed E-state index contributed by atoms with van der Waals surface area (Å²) in [5, 5.41) is 2.71. The van der Waals surface area contributed by atoms with E-state index in [0.717, 1.165) is 19.3 Å². The first-order chi connectivity index (χ1) is 13.1. The molecule has 0 saturated carbocycles. The number of unbranched alkanes of at least 4 members (excludes halogenated alkanes) is 1. The number of piperazine rings is 1. The second-order valence-corrected chi connectivity index (χ2v) is 6.46. The zero-order chi connectivity index (χ0) is 19.6. The lowest BCUT2D eigenvalue weighted by molar-refractivity contribution is -0.147. The Bertz CT molecular complexity index is 644. The lowest BCUT2D eigenvalue weighted by Crippen LogP contribution is -2.57. The first-order valence-electron chi connectivity index (χ1n) is 9.54. The zero-order valence-electron chi connectivity index (χ0n) is 16.0. The summed E-state index contributed by atoms with van der Waals surface area (Å²) in [6.45, 7) is 5.68.